The lowest BCUT2D eigenvalue weighted by molar-refractivity contribution is -0.144. The average Bonchev–Trinajstić information content (AvgIpc) is 3.12. The molecule has 3 N–H and O–H groups in total. The number of carbonyl (C=O) groups is 2. The van der Waals surface area contributed by atoms with E-state index in [2.05, 4.69) is 20.4 Å². The van der Waals surface area contributed by atoms with Crippen LogP contribution >= 0.6 is 0 Å². The molecule has 0 unspecified atom stereocenters. The van der Waals surface area contributed by atoms with E-state index in [1.165, 1.54) is 14.0 Å². The highest BCUT2D eigenvalue weighted by Gasteiger charge is 2.35. The van der Waals surface area contributed by atoms with Crippen molar-refractivity contribution in [1.82, 2.24) is 20.2 Å². The third kappa shape index (κ3) is 4.20. The van der Waals surface area contributed by atoms with E-state index in [4.69, 9.17) is 9.47 Å². The van der Waals surface area contributed by atoms with Crippen LogP contribution in [0.3, 0.4) is 0 Å². The fourth-order valence-electron chi connectivity index (χ4n) is 2.18. The number of aromatic amines is 2. The number of methoxy groups -OCH3 is 1. The Balaban J connectivity index is 2.16. The van der Waals surface area contributed by atoms with Crippen LogP contribution in [0, 0.1) is 13.8 Å². The molecule has 1 amide bonds. The van der Waals surface area contributed by atoms with Crippen molar-refractivity contribution in [2.75, 3.05) is 25.6 Å². The van der Waals surface area contributed by atoms with Crippen LogP contribution in [0.15, 0.2) is 0 Å². The van der Waals surface area contributed by atoms with Gasteiger partial charge in [0.2, 0.25) is 11.8 Å². The average molecular weight is 375 g/mol. The van der Waals surface area contributed by atoms with Crippen LogP contribution in [0.1, 0.15) is 37.9 Å². The normalized spacial score (nSPS) is 11.5. The Labute approximate surface area is 145 Å². The quantitative estimate of drug-likeness (QED) is 0.523. The Morgan fingerprint density at radius 1 is 1.23 bits per heavy atom. The smallest absolute Gasteiger partial charge is 0.451 e. The lowest BCUT2D eigenvalue weighted by atomic mass is 10.1. The van der Waals surface area contributed by atoms with E-state index in [-0.39, 0.29) is 30.0 Å². The van der Waals surface area contributed by atoms with Crippen LogP contribution in [-0.2, 0) is 15.7 Å². The maximum absolute atomic E-state index is 12.5. The zero-order valence-electron chi connectivity index (χ0n) is 14.1. The van der Waals surface area contributed by atoms with Gasteiger partial charge in [-0.1, -0.05) is 0 Å². The third-order valence-electron chi connectivity index (χ3n) is 3.37. The van der Waals surface area contributed by atoms with Crippen molar-refractivity contribution in [1.29, 1.82) is 0 Å². The van der Waals surface area contributed by atoms with E-state index in [0.29, 0.717) is 5.69 Å². The molecular formula is C14H16F3N5O4. The minimum absolute atomic E-state index is 0.0143. The zero-order valence-corrected chi connectivity index (χ0v) is 14.1. The van der Waals surface area contributed by atoms with E-state index in [1.54, 1.807) is 12.0 Å². The van der Waals surface area contributed by atoms with Gasteiger partial charge >= 0.3 is 12.1 Å². The first-order chi connectivity index (χ1) is 12.1. The summed E-state index contributed by atoms with van der Waals surface area (Å²) in [7, 11) is 1.45. The number of halogens is 3. The van der Waals surface area contributed by atoms with Crippen LogP contribution in [0.5, 0.6) is 0 Å². The summed E-state index contributed by atoms with van der Waals surface area (Å²) >= 11 is 0. The molecule has 0 fully saturated rings. The van der Waals surface area contributed by atoms with Crippen molar-refractivity contribution in [3.05, 3.63) is 28.3 Å². The number of amides is 1. The van der Waals surface area contributed by atoms with E-state index >= 15 is 0 Å². The summed E-state index contributed by atoms with van der Waals surface area (Å²) in [5.74, 6) is -3.33. The van der Waals surface area contributed by atoms with Crippen LogP contribution in [0.25, 0.3) is 0 Å². The number of alkyl halides is 3. The summed E-state index contributed by atoms with van der Waals surface area (Å²) in [4.78, 5) is 30.2. The van der Waals surface area contributed by atoms with Gasteiger partial charge in [-0.25, -0.2) is 4.79 Å². The van der Waals surface area contributed by atoms with E-state index in [0.717, 1.165) is 0 Å². The highest BCUT2D eigenvalue weighted by Crippen LogP contribution is 2.26. The van der Waals surface area contributed by atoms with Crippen molar-refractivity contribution in [2.45, 2.75) is 20.0 Å². The Hall–Kier alpha value is -2.89. The largest absolute Gasteiger partial charge is 0.460 e. The standard InChI is InChI=1S/C14H16F3N5O4/c1-6-8(11(24)26-5-4-25-3)7(2)18-9(6)10(23)19-13-20-12(21-22-13)14(15,16)17/h18H,4-5H2,1-3H3,(H2,19,20,21,22,23). The number of aryl methyl sites for hydroxylation is 1. The molecule has 12 heteroatoms. The van der Waals surface area contributed by atoms with Gasteiger partial charge in [0, 0.05) is 12.8 Å². The molecule has 0 saturated heterocycles. The van der Waals surface area contributed by atoms with Gasteiger partial charge in [0.15, 0.2) is 0 Å². The monoisotopic (exact) mass is 375 g/mol. The van der Waals surface area contributed by atoms with Crippen molar-refractivity contribution in [3.8, 4) is 0 Å². The van der Waals surface area contributed by atoms with Crippen LogP contribution in [0.2, 0.25) is 0 Å². The topological polar surface area (TPSA) is 122 Å². The predicted molar refractivity (Wildman–Crippen MR) is 81.8 cm³/mol. The van der Waals surface area contributed by atoms with Gasteiger partial charge in [-0.2, -0.15) is 18.2 Å². The molecule has 2 aromatic heterocycles. The molecule has 2 aromatic rings. The first-order valence-electron chi connectivity index (χ1n) is 7.31. The molecule has 9 nitrogen and oxygen atoms in total. The summed E-state index contributed by atoms with van der Waals surface area (Å²) in [6.45, 7) is 3.32. The van der Waals surface area contributed by atoms with Crippen molar-refractivity contribution < 1.29 is 32.2 Å². The molecule has 0 aliphatic carbocycles. The number of ether oxygens (including phenoxy) is 2. The van der Waals surface area contributed by atoms with Gasteiger partial charge < -0.3 is 14.5 Å². The summed E-state index contributed by atoms with van der Waals surface area (Å²) in [5, 5.41) is 7.10. The predicted octanol–water partition coefficient (Wildman–Crippen LogP) is 1.82. The van der Waals surface area contributed by atoms with Gasteiger partial charge in [0.25, 0.3) is 5.91 Å². The fourth-order valence-corrected chi connectivity index (χ4v) is 2.18. The molecule has 0 aromatic carbocycles. The van der Waals surface area contributed by atoms with Crippen LogP contribution in [-0.4, -0.2) is 52.4 Å². The molecule has 0 bridgehead atoms. The number of nitrogens with one attached hydrogen (secondary N) is 3. The summed E-state index contributed by atoms with van der Waals surface area (Å²) in [6.07, 6.45) is -4.71. The second kappa shape index (κ2) is 7.56. The number of anilines is 1. The van der Waals surface area contributed by atoms with Gasteiger partial charge in [-0.15, -0.1) is 5.10 Å². The van der Waals surface area contributed by atoms with E-state index in [9.17, 15) is 22.8 Å². The maximum atomic E-state index is 12.5. The second-order valence-electron chi connectivity index (χ2n) is 5.21. The highest BCUT2D eigenvalue weighted by molar-refractivity contribution is 6.06. The lowest BCUT2D eigenvalue weighted by Gasteiger charge is -2.05. The summed E-state index contributed by atoms with van der Waals surface area (Å²) < 4.78 is 47.2. The van der Waals surface area contributed by atoms with Gasteiger partial charge in [-0.3, -0.25) is 15.2 Å². The number of carbonyl (C=O) groups excluding carboxylic acids is 2. The first kappa shape index (κ1) is 19.4. The summed E-state index contributed by atoms with van der Waals surface area (Å²) in [5.41, 5.74) is 0.812. The molecular weight excluding hydrogens is 359 g/mol. The maximum Gasteiger partial charge on any atom is 0.451 e. The number of nitrogens with zero attached hydrogens (tertiary/aromatic N) is 2. The summed E-state index contributed by atoms with van der Waals surface area (Å²) in [6, 6.07) is 0. The highest BCUT2D eigenvalue weighted by atomic mass is 19.4. The Morgan fingerprint density at radius 3 is 2.50 bits per heavy atom. The molecule has 26 heavy (non-hydrogen) atoms. The lowest BCUT2D eigenvalue weighted by Crippen LogP contribution is -2.16. The number of H-pyrrole nitrogens is 2. The minimum Gasteiger partial charge on any atom is -0.460 e. The van der Waals surface area contributed by atoms with E-state index < -0.39 is 29.8 Å². The molecule has 142 valence electrons. The van der Waals surface area contributed by atoms with Crippen LogP contribution < -0.4 is 5.32 Å². The number of esters is 1. The SMILES string of the molecule is COCCOC(=O)c1c(C)[nH]c(C(=O)Nc2n[nH]c(C(F)(F)F)n2)c1C. The van der Waals surface area contributed by atoms with Crippen molar-refractivity contribution in [3.63, 3.8) is 0 Å². The van der Waals surface area contributed by atoms with Gasteiger partial charge in [0.1, 0.15) is 12.3 Å². The third-order valence-corrected chi connectivity index (χ3v) is 3.37. The number of aromatic nitrogens is 4. The first-order valence-corrected chi connectivity index (χ1v) is 7.31. The number of rotatable bonds is 6. The second-order valence-corrected chi connectivity index (χ2v) is 5.21. The van der Waals surface area contributed by atoms with E-state index in [1.807, 2.05) is 0 Å². The van der Waals surface area contributed by atoms with Crippen LogP contribution in [0.4, 0.5) is 19.1 Å². The molecule has 0 aliphatic heterocycles. The molecule has 2 rings (SSSR count). The van der Waals surface area contributed by atoms with Gasteiger partial charge in [-0.05, 0) is 19.4 Å². The Morgan fingerprint density at radius 2 is 1.92 bits per heavy atom. The number of hydrogen-bond acceptors (Lipinski definition) is 6. The Bertz CT molecular complexity index is 812. The Kier molecular flexibility index (Phi) is 5.65. The van der Waals surface area contributed by atoms with Gasteiger partial charge in [0.05, 0.1) is 12.2 Å². The van der Waals surface area contributed by atoms with Crippen molar-refractivity contribution in [2.24, 2.45) is 0 Å². The minimum atomic E-state index is -4.71. The molecule has 0 radical (unpaired) electrons. The molecule has 0 atom stereocenters. The molecule has 2 heterocycles. The fraction of sp³-hybridized carbons (Fsp3) is 0.429. The number of hydrogen-bond donors (Lipinski definition) is 3. The zero-order chi connectivity index (χ0) is 19.5. The molecule has 0 aliphatic rings. The van der Waals surface area contributed by atoms with Crippen molar-refractivity contribution >= 4 is 17.8 Å². The molecule has 0 saturated carbocycles. The molecule has 0 spiro atoms.